The molecular formula is C15H22BrNO2. The second kappa shape index (κ2) is 5.80. The van der Waals surface area contributed by atoms with Crippen molar-refractivity contribution in [2.45, 2.75) is 39.7 Å². The summed E-state index contributed by atoms with van der Waals surface area (Å²) in [5.41, 5.74) is 3.52. The zero-order valence-electron chi connectivity index (χ0n) is 12.1. The minimum Gasteiger partial charge on any atom is -0.496 e. The largest absolute Gasteiger partial charge is 0.496 e. The van der Waals surface area contributed by atoms with E-state index in [2.05, 4.69) is 34.8 Å². The Morgan fingerprint density at radius 3 is 2.79 bits per heavy atom. The number of pyridine rings is 1. The van der Waals surface area contributed by atoms with Crippen molar-refractivity contribution in [2.24, 2.45) is 5.41 Å². The molecule has 3 nitrogen and oxygen atoms in total. The first-order chi connectivity index (χ1) is 9.04. The van der Waals surface area contributed by atoms with Gasteiger partial charge in [-0.2, -0.15) is 0 Å². The van der Waals surface area contributed by atoms with Crippen molar-refractivity contribution in [1.29, 1.82) is 0 Å². The van der Waals surface area contributed by atoms with Crippen LogP contribution in [0.15, 0.2) is 6.20 Å². The summed E-state index contributed by atoms with van der Waals surface area (Å²) in [7, 11) is 1.72. The first-order valence-electron chi connectivity index (χ1n) is 6.70. The number of methoxy groups -OCH3 is 1. The molecule has 0 amide bonds. The Morgan fingerprint density at radius 2 is 2.26 bits per heavy atom. The molecule has 1 fully saturated rings. The highest BCUT2D eigenvalue weighted by atomic mass is 79.9. The van der Waals surface area contributed by atoms with Crippen LogP contribution in [0, 0.1) is 19.3 Å². The molecule has 106 valence electrons. The van der Waals surface area contributed by atoms with E-state index in [-0.39, 0.29) is 11.5 Å². The number of rotatable bonds is 4. The maximum absolute atomic E-state index is 5.76. The SMILES string of the molecule is COc1c(C)cnc(CC2(CBr)CCOC2C)c1C. The summed E-state index contributed by atoms with van der Waals surface area (Å²) < 4.78 is 11.3. The van der Waals surface area contributed by atoms with E-state index in [9.17, 15) is 0 Å². The number of hydrogen-bond donors (Lipinski definition) is 0. The fraction of sp³-hybridized carbons (Fsp3) is 0.667. The van der Waals surface area contributed by atoms with Crippen molar-refractivity contribution in [3.05, 3.63) is 23.0 Å². The van der Waals surface area contributed by atoms with Crippen LogP contribution in [0.4, 0.5) is 0 Å². The molecule has 2 rings (SSSR count). The molecule has 0 aliphatic carbocycles. The molecule has 0 N–H and O–H groups in total. The number of nitrogens with zero attached hydrogens (tertiary/aromatic N) is 1. The fourth-order valence-electron chi connectivity index (χ4n) is 2.86. The summed E-state index contributed by atoms with van der Waals surface area (Å²) in [6.45, 7) is 7.13. The third-order valence-corrected chi connectivity index (χ3v) is 5.48. The zero-order chi connectivity index (χ0) is 14.0. The molecule has 1 aliphatic heterocycles. The van der Waals surface area contributed by atoms with Gasteiger partial charge in [-0.3, -0.25) is 4.98 Å². The molecule has 2 heterocycles. The van der Waals surface area contributed by atoms with Gasteiger partial charge in [0, 0.05) is 40.4 Å². The monoisotopic (exact) mass is 327 g/mol. The highest BCUT2D eigenvalue weighted by Crippen LogP contribution is 2.40. The molecule has 1 aromatic heterocycles. The van der Waals surface area contributed by atoms with Crippen molar-refractivity contribution < 1.29 is 9.47 Å². The van der Waals surface area contributed by atoms with E-state index >= 15 is 0 Å². The van der Waals surface area contributed by atoms with Gasteiger partial charge >= 0.3 is 0 Å². The van der Waals surface area contributed by atoms with Crippen LogP contribution in [0.25, 0.3) is 0 Å². The quantitative estimate of drug-likeness (QED) is 0.794. The van der Waals surface area contributed by atoms with E-state index in [1.807, 2.05) is 13.1 Å². The van der Waals surface area contributed by atoms with Gasteiger partial charge in [-0.05, 0) is 33.6 Å². The number of ether oxygens (including phenoxy) is 2. The Balaban J connectivity index is 2.33. The predicted molar refractivity (Wildman–Crippen MR) is 80.2 cm³/mol. The molecular weight excluding hydrogens is 306 g/mol. The first kappa shape index (κ1) is 14.8. The molecule has 0 saturated carbocycles. The second-order valence-electron chi connectivity index (χ2n) is 5.48. The van der Waals surface area contributed by atoms with Gasteiger partial charge in [0.1, 0.15) is 5.75 Å². The Bertz CT molecular complexity index is 464. The van der Waals surface area contributed by atoms with Gasteiger partial charge in [-0.1, -0.05) is 15.9 Å². The standard InChI is InChI=1S/C15H22BrNO2/c1-10-8-17-13(11(2)14(10)18-4)7-15(9-16)5-6-19-12(15)3/h8,12H,5-7,9H2,1-4H3. The molecule has 2 atom stereocenters. The molecule has 0 spiro atoms. The van der Waals surface area contributed by atoms with Gasteiger partial charge in [0.05, 0.1) is 13.2 Å². The van der Waals surface area contributed by atoms with Gasteiger partial charge < -0.3 is 9.47 Å². The average molecular weight is 328 g/mol. The van der Waals surface area contributed by atoms with Crippen LogP contribution in [0.3, 0.4) is 0 Å². The van der Waals surface area contributed by atoms with Crippen molar-refractivity contribution in [3.8, 4) is 5.75 Å². The lowest BCUT2D eigenvalue weighted by atomic mass is 9.78. The summed E-state index contributed by atoms with van der Waals surface area (Å²) in [4.78, 5) is 4.62. The number of aryl methyl sites for hydroxylation is 1. The van der Waals surface area contributed by atoms with Crippen LogP contribution in [0.2, 0.25) is 0 Å². The molecule has 0 aromatic carbocycles. The number of hydrogen-bond acceptors (Lipinski definition) is 3. The summed E-state index contributed by atoms with van der Waals surface area (Å²) >= 11 is 3.67. The topological polar surface area (TPSA) is 31.4 Å². The first-order valence-corrected chi connectivity index (χ1v) is 7.83. The lowest BCUT2D eigenvalue weighted by Crippen LogP contribution is -2.33. The smallest absolute Gasteiger partial charge is 0.128 e. The number of alkyl halides is 1. The molecule has 1 aromatic rings. The molecule has 19 heavy (non-hydrogen) atoms. The maximum Gasteiger partial charge on any atom is 0.128 e. The van der Waals surface area contributed by atoms with Gasteiger partial charge in [0.25, 0.3) is 0 Å². The third kappa shape index (κ3) is 2.65. The van der Waals surface area contributed by atoms with E-state index in [1.165, 1.54) is 0 Å². The minimum atomic E-state index is 0.151. The summed E-state index contributed by atoms with van der Waals surface area (Å²) in [5, 5.41) is 0.943. The lowest BCUT2D eigenvalue weighted by molar-refractivity contribution is 0.0741. The lowest BCUT2D eigenvalue weighted by Gasteiger charge is -2.30. The van der Waals surface area contributed by atoms with E-state index < -0.39 is 0 Å². The molecule has 2 unspecified atom stereocenters. The van der Waals surface area contributed by atoms with Gasteiger partial charge in [0.2, 0.25) is 0 Å². The summed E-state index contributed by atoms with van der Waals surface area (Å²) in [6, 6.07) is 0. The Hall–Kier alpha value is -0.610. The maximum atomic E-state index is 5.76. The Morgan fingerprint density at radius 1 is 1.53 bits per heavy atom. The Labute approximate surface area is 123 Å². The van der Waals surface area contributed by atoms with Gasteiger partial charge in [-0.25, -0.2) is 0 Å². The minimum absolute atomic E-state index is 0.151. The second-order valence-corrected chi connectivity index (χ2v) is 6.04. The van der Waals surface area contributed by atoms with E-state index in [0.717, 1.165) is 47.3 Å². The van der Waals surface area contributed by atoms with Gasteiger partial charge in [-0.15, -0.1) is 0 Å². The van der Waals surface area contributed by atoms with Crippen molar-refractivity contribution in [1.82, 2.24) is 4.98 Å². The normalized spacial score (nSPS) is 26.7. The molecule has 4 heteroatoms. The van der Waals surface area contributed by atoms with Crippen LogP contribution < -0.4 is 4.74 Å². The average Bonchev–Trinajstić information content (AvgIpc) is 2.76. The van der Waals surface area contributed by atoms with Gasteiger partial charge in [0.15, 0.2) is 0 Å². The molecule has 1 aliphatic rings. The molecule has 1 saturated heterocycles. The van der Waals surface area contributed by atoms with Crippen molar-refractivity contribution in [3.63, 3.8) is 0 Å². The van der Waals surface area contributed by atoms with E-state index in [4.69, 9.17) is 9.47 Å². The predicted octanol–water partition coefficient (Wildman–Crippen LogP) is 3.44. The van der Waals surface area contributed by atoms with E-state index in [0.29, 0.717) is 0 Å². The zero-order valence-corrected chi connectivity index (χ0v) is 13.7. The molecule has 0 radical (unpaired) electrons. The number of halogens is 1. The van der Waals surface area contributed by atoms with Crippen molar-refractivity contribution >= 4 is 15.9 Å². The summed E-state index contributed by atoms with van der Waals surface area (Å²) in [5.74, 6) is 0.960. The number of aromatic nitrogens is 1. The van der Waals surface area contributed by atoms with Crippen LogP contribution in [-0.2, 0) is 11.2 Å². The van der Waals surface area contributed by atoms with Crippen molar-refractivity contribution in [2.75, 3.05) is 19.0 Å². The van der Waals surface area contributed by atoms with Crippen LogP contribution in [0.5, 0.6) is 5.75 Å². The highest BCUT2D eigenvalue weighted by molar-refractivity contribution is 9.09. The van der Waals surface area contributed by atoms with Crippen LogP contribution >= 0.6 is 15.9 Å². The molecule has 0 bridgehead atoms. The van der Waals surface area contributed by atoms with Crippen LogP contribution in [0.1, 0.15) is 30.2 Å². The van der Waals surface area contributed by atoms with Crippen LogP contribution in [-0.4, -0.2) is 30.1 Å². The third-order valence-electron chi connectivity index (χ3n) is 4.37. The van der Waals surface area contributed by atoms with E-state index in [1.54, 1.807) is 7.11 Å². The summed E-state index contributed by atoms with van der Waals surface area (Å²) in [6.07, 6.45) is 4.18. The highest BCUT2D eigenvalue weighted by Gasteiger charge is 2.41. The Kier molecular flexibility index (Phi) is 4.51. The fourth-order valence-corrected chi connectivity index (χ4v) is 3.79.